The number of phenols is 1. The zero-order valence-electron chi connectivity index (χ0n) is 15.4. The second-order valence-corrected chi connectivity index (χ2v) is 7.14. The van der Waals surface area contributed by atoms with Crippen LogP contribution in [0.5, 0.6) is 11.5 Å². The molecule has 0 aliphatic carbocycles. The van der Waals surface area contributed by atoms with Crippen molar-refractivity contribution in [1.82, 2.24) is 14.9 Å². The summed E-state index contributed by atoms with van der Waals surface area (Å²) in [6, 6.07) is 20.1. The van der Waals surface area contributed by atoms with Crippen molar-refractivity contribution >= 4 is 10.9 Å². The topological polar surface area (TPSA) is 61.4 Å². The molecule has 0 radical (unpaired) electrons. The number of hydrogen-bond acceptors (Lipinski definition) is 4. The number of aromatic hydroxyl groups is 1. The van der Waals surface area contributed by atoms with Crippen molar-refractivity contribution in [2.45, 2.75) is 13.1 Å². The number of rotatable bonds is 3. The van der Waals surface area contributed by atoms with E-state index in [0.717, 1.165) is 35.4 Å². The van der Waals surface area contributed by atoms with Crippen molar-refractivity contribution in [3.8, 4) is 22.8 Å². The molecule has 28 heavy (non-hydrogen) atoms. The molecular formula is C23H21N3O2. The zero-order chi connectivity index (χ0) is 18.9. The van der Waals surface area contributed by atoms with Gasteiger partial charge in [-0.15, -0.1) is 0 Å². The molecule has 2 aromatic carbocycles. The van der Waals surface area contributed by atoms with Crippen LogP contribution < -0.4 is 4.74 Å². The van der Waals surface area contributed by atoms with Gasteiger partial charge in [0.25, 0.3) is 0 Å². The second-order valence-electron chi connectivity index (χ2n) is 7.14. The molecule has 0 spiro atoms. The van der Waals surface area contributed by atoms with Crippen molar-refractivity contribution in [2.24, 2.45) is 0 Å². The van der Waals surface area contributed by atoms with Crippen LogP contribution in [0.2, 0.25) is 0 Å². The molecule has 0 saturated heterocycles. The number of aromatic nitrogens is 2. The summed E-state index contributed by atoms with van der Waals surface area (Å²) in [5.74, 6) is 0.754. The Morgan fingerprint density at radius 2 is 1.96 bits per heavy atom. The first kappa shape index (κ1) is 16.8. The molecule has 140 valence electrons. The maximum absolute atomic E-state index is 10.5. The molecule has 0 unspecified atom stereocenters. The molecule has 0 bridgehead atoms. The minimum absolute atomic E-state index is 0.172. The third-order valence-corrected chi connectivity index (χ3v) is 5.13. The maximum atomic E-state index is 10.5. The van der Waals surface area contributed by atoms with Crippen LogP contribution in [0.4, 0.5) is 0 Å². The monoisotopic (exact) mass is 371 g/mol. The Kier molecular flexibility index (Phi) is 4.22. The van der Waals surface area contributed by atoms with Crippen LogP contribution in [0.3, 0.4) is 0 Å². The first-order valence-electron chi connectivity index (χ1n) is 9.45. The number of para-hydroxylation sites is 1. The molecule has 3 heterocycles. The molecule has 5 heteroatoms. The number of pyridine rings is 1. The Labute approximate surface area is 163 Å². The van der Waals surface area contributed by atoms with Gasteiger partial charge in [-0.2, -0.15) is 0 Å². The Morgan fingerprint density at radius 3 is 2.82 bits per heavy atom. The minimum Gasteiger partial charge on any atom is -0.504 e. The predicted molar refractivity (Wildman–Crippen MR) is 109 cm³/mol. The van der Waals surface area contributed by atoms with E-state index in [4.69, 9.17) is 4.74 Å². The Bertz CT molecular complexity index is 1090. The molecule has 1 aliphatic rings. The number of aromatic amines is 1. The van der Waals surface area contributed by atoms with Crippen molar-refractivity contribution in [3.05, 3.63) is 78.1 Å². The predicted octanol–water partition coefficient (Wildman–Crippen LogP) is 4.33. The third-order valence-electron chi connectivity index (χ3n) is 5.13. The number of benzene rings is 2. The number of nitrogens with zero attached hydrogens (tertiary/aromatic N) is 2. The van der Waals surface area contributed by atoms with Crippen LogP contribution in [-0.2, 0) is 13.1 Å². The van der Waals surface area contributed by atoms with Gasteiger partial charge in [0.15, 0.2) is 11.5 Å². The minimum atomic E-state index is 0.172. The number of ether oxygens (including phenoxy) is 1. The number of fused-ring (bicyclic) bond motifs is 2. The van der Waals surface area contributed by atoms with E-state index in [1.54, 1.807) is 12.3 Å². The van der Waals surface area contributed by atoms with Gasteiger partial charge in [0.05, 0.1) is 5.69 Å². The highest BCUT2D eigenvalue weighted by Gasteiger charge is 2.20. The van der Waals surface area contributed by atoms with Crippen LogP contribution in [0.1, 0.15) is 11.3 Å². The number of phenolic OH excluding ortho intramolecular Hbond substituents is 1. The number of nitrogens with one attached hydrogen (secondary N) is 1. The molecule has 2 N–H and O–H groups in total. The van der Waals surface area contributed by atoms with Gasteiger partial charge in [0.2, 0.25) is 0 Å². The summed E-state index contributed by atoms with van der Waals surface area (Å²) in [6.07, 6.45) is 1.76. The molecular weight excluding hydrogens is 350 g/mol. The fraction of sp³-hybridized carbons (Fsp3) is 0.174. The summed E-state index contributed by atoms with van der Waals surface area (Å²) in [7, 11) is 0. The van der Waals surface area contributed by atoms with Crippen molar-refractivity contribution in [1.29, 1.82) is 0 Å². The zero-order valence-corrected chi connectivity index (χ0v) is 15.4. The van der Waals surface area contributed by atoms with Crippen molar-refractivity contribution in [2.75, 3.05) is 13.2 Å². The van der Waals surface area contributed by atoms with Crippen molar-refractivity contribution < 1.29 is 9.84 Å². The molecule has 5 nitrogen and oxygen atoms in total. The van der Waals surface area contributed by atoms with Gasteiger partial charge in [-0.25, -0.2) is 0 Å². The Morgan fingerprint density at radius 1 is 1.07 bits per heavy atom. The standard InChI is InChI=1S/C23H21N3O2/c27-22-13-17(20-6-3-4-8-24-20)11-18-14-26(9-10-28-23(18)22)15-19-12-16-5-1-2-7-21(16)25-19/h1-8,11-13,25,27H,9-10,14-15H2. The van der Waals surface area contributed by atoms with Crippen LogP contribution in [0, 0.1) is 0 Å². The van der Waals surface area contributed by atoms with Gasteiger partial charge in [0, 0.05) is 48.2 Å². The quantitative estimate of drug-likeness (QED) is 0.563. The highest BCUT2D eigenvalue weighted by atomic mass is 16.5. The van der Waals surface area contributed by atoms with Crippen LogP contribution in [-0.4, -0.2) is 33.1 Å². The lowest BCUT2D eigenvalue weighted by Gasteiger charge is -2.18. The van der Waals surface area contributed by atoms with E-state index in [9.17, 15) is 5.11 Å². The molecule has 0 atom stereocenters. The van der Waals surface area contributed by atoms with Crippen molar-refractivity contribution in [3.63, 3.8) is 0 Å². The average molecular weight is 371 g/mol. The highest BCUT2D eigenvalue weighted by molar-refractivity contribution is 5.80. The number of hydrogen-bond donors (Lipinski definition) is 2. The second kappa shape index (κ2) is 7.02. The summed E-state index contributed by atoms with van der Waals surface area (Å²) in [5, 5.41) is 11.7. The molecule has 2 aromatic heterocycles. The Hall–Kier alpha value is -3.31. The van der Waals surface area contributed by atoms with Gasteiger partial charge in [-0.1, -0.05) is 24.3 Å². The smallest absolute Gasteiger partial charge is 0.165 e. The van der Waals surface area contributed by atoms with E-state index in [0.29, 0.717) is 18.9 Å². The van der Waals surface area contributed by atoms with E-state index in [1.807, 2.05) is 24.3 Å². The van der Waals surface area contributed by atoms with Gasteiger partial charge >= 0.3 is 0 Å². The summed E-state index contributed by atoms with van der Waals surface area (Å²) < 4.78 is 5.87. The molecule has 0 saturated carbocycles. The van der Waals surface area contributed by atoms with E-state index < -0.39 is 0 Å². The lowest BCUT2D eigenvalue weighted by Crippen LogP contribution is -2.25. The van der Waals surface area contributed by atoms with Crippen LogP contribution in [0.25, 0.3) is 22.2 Å². The molecule has 0 amide bonds. The molecule has 0 fully saturated rings. The fourth-order valence-corrected chi connectivity index (χ4v) is 3.83. The number of H-pyrrole nitrogens is 1. The van der Waals surface area contributed by atoms with Gasteiger partial charge in [0.1, 0.15) is 6.61 Å². The summed E-state index contributed by atoms with van der Waals surface area (Å²) in [5.41, 5.74) is 5.04. The summed E-state index contributed by atoms with van der Waals surface area (Å²) in [6.45, 7) is 2.84. The highest BCUT2D eigenvalue weighted by Crippen LogP contribution is 2.37. The maximum Gasteiger partial charge on any atom is 0.165 e. The fourth-order valence-electron chi connectivity index (χ4n) is 3.83. The lowest BCUT2D eigenvalue weighted by molar-refractivity contribution is 0.216. The van der Waals surface area contributed by atoms with E-state index >= 15 is 0 Å². The van der Waals surface area contributed by atoms with Crippen LogP contribution >= 0.6 is 0 Å². The first-order chi connectivity index (χ1) is 13.8. The first-order valence-corrected chi connectivity index (χ1v) is 9.45. The van der Waals surface area contributed by atoms with Gasteiger partial charge in [-0.05, 0) is 41.8 Å². The molecule has 1 aliphatic heterocycles. The van der Waals surface area contributed by atoms with E-state index in [2.05, 4.69) is 45.2 Å². The third kappa shape index (κ3) is 3.21. The molecule has 5 rings (SSSR count). The average Bonchev–Trinajstić information content (AvgIpc) is 3.00. The lowest BCUT2D eigenvalue weighted by atomic mass is 10.0. The summed E-state index contributed by atoms with van der Waals surface area (Å²) in [4.78, 5) is 10.2. The normalized spacial score (nSPS) is 14.4. The van der Waals surface area contributed by atoms with Gasteiger partial charge in [-0.3, -0.25) is 9.88 Å². The largest absolute Gasteiger partial charge is 0.504 e. The Balaban J connectivity index is 1.44. The SMILES string of the molecule is Oc1cc(-c2ccccn2)cc2c1OCCN(Cc1cc3ccccc3[nH]1)C2. The van der Waals surface area contributed by atoms with Crippen LogP contribution in [0.15, 0.2) is 66.9 Å². The summed E-state index contributed by atoms with van der Waals surface area (Å²) >= 11 is 0. The van der Waals surface area contributed by atoms with Gasteiger partial charge < -0.3 is 14.8 Å². The molecule has 4 aromatic rings. The van der Waals surface area contributed by atoms with E-state index in [-0.39, 0.29) is 5.75 Å². The van der Waals surface area contributed by atoms with E-state index in [1.165, 1.54) is 11.1 Å².